The average molecular weight is 426 g/mol. The second-order valence-electron chi connectivity index (χ2n) is 7.27. The molecule has 4 rings (SSSR count). The van der Waals surface area contributed by atoms with Crippen molar-refractivity contribution in [1.82, 2.24) is 4.90 Å². The first-order chi connectivity index (χ1) is 14.1. The van der Waals surface area contributed by atoms with Crippen LogP contribution in [0.15, 0.2) is 53.4 Å². The number of carbonyl (C=O) groups excluding carboxylic acids is 1. The van der Waals surface area contributed by atoms with Gasteiger partial charge >= 0.3 is 0 Å². The molecule has 0 unspecified atom stereocenters. The van der Waals surface area contributed by atoms with Crippen molar-refractivity contribution in [2.24, 2.45) is 0 Å². The maximum atomic E-state index is 12.7. The van der Waals surface area contributed by atoms with Crippen molar-refractivity contribution in [3.63, 3.8) is 0 Å². The molecule has 2 aliphatic rings. The summed E-state index contributed by atoms with van der Waals surface area (Å²) in [5, 5.41) is 0. The van der Waals surface area contributed by atoms with Crippen LogP contribution in [0, 0.1) is 6.92 Å². The summed E-state index contributed by atoms with van der Waals surface area (Å²) in [4.78, 5) is 15.1. The van der Waals surface area contributed by atoms with Gasteiger partial charge in [-0.2, -0.15) is 0 Å². The van der Waals surface area contributed by atoms with Crippen molar-refractivity contribution >= 4 is 40.3 Å². The van der Waals surface area contributed by atoms with Crippen LogP contribution in [0.4, 0.5) is 0 Å². The number of amides is 1. The number of thiocarbonyl (C=S) groups is 1. The molecule has 2 aromatic rings. The zero-order valence-electron chi connectivity index (χ0n) is 16.3. The molecule has 2 heterocycles. The van der Waals surface area contributed by atoms with E-state index in [2.05, 4.69) is 25.1 Å². The van der Waals surface area contributed by atoms with Crippen molar-refractivity contribution < 1.29 is 14.3 Å². The average Bonchev–Trinajstić information content (AvgIpc) is 3.32. The second kappa shape index (κ2) is 9.11. The van der Waals surface area contributed by atoms with E-state index in [0.717, 1.165) is 36.3 Å². The molecule has 6 heteroatoms. The molecule has 0 bridgehead atoms. The Hall–Kier alpha value is -2.15. The van der Waals surface area contributed by atoms with E-state index in [4.69, 9.17) is 21.7 Å². The number of carbonyl (C=O) groups is 1. The summed E-state index contributed by atoms with van der Waals surface area (Å²) in [7, 11) is 0. The first-order valence-electron chi connectivity index (χ1n) is 9.74. The van der Waals surface area contributed by atoms with Crippen LogP contribution in [-0.4, -0.2) is 34.4 Å². The van der Waals surface area contributed by atoms with Crippen LogP contribution in [0.3, 0.4) is 0 Å². The summed E-state index contributed by atoms with van der Waals surface area (Å²) in [6.45, 7) is 3.92. The third kappa shape index (κ3) is 5.07. The zero-order chi connectivity index (χ0) is 20.2. The standard InChI is InChI=1S/C23H23NO3S2/c1-16-4-2-5-18(12-16)15-27-19-9-7-17(8-10-19)13-21-22(25)24(23(28)29-21)14-20-6-3-11-26-20/h2,4-5,7-10,12-13,20H,3,6,11,14-15H2,1H3/b21-13-/t20-/m0/s1. The van der Waals surface area contributed by atoms with Gasteiger partial charge in [0.15, 0.2) is 0 Å². The maximum absolute atomic E-state index is 12.7. The highest BCUT2D eigenvalue weighted by Gasteiger charge is 2.34. The third-order valence-corrected chi connectivity index (χ3v) is 6.33. The van der Waals surface area contributed by atoms with Gasteiger partial charge in [-0.05, 0) is 49.1 Å². The molecule has 2 aromatic carbocycles. The Morgan fingerprint density at radius 1 is 1.28 bits per heavy atom. The molecule has 0 aromatic heterocycles. The summed E-state index contributed by atoms with van der Waals surface area (Å²) in [6.07, 6.45) is 4.02. The Morgan fingerprint density at radius 3 is 2.83 bits per heavy atom. The number of benzene rings is 2. The molecular weight excluding hydrogens is 402 g/mol. The molecule has 4 nitrogen and oxygen atoms in total. The van der Waals surface area contributed by atoms with E-state index < -0.39 is 0 Å². The van der Waals surface area contributed by atoms with Gasteiger partial charge in [0.25, 0.3) is 5.91 Å². The van der Waals surface area contributed by atoms with E-state index in [9.17, 15) is 4.79 Å². The predicted octanol–water partition coefficient (Wildman–Crippen LogP) is 4.95. The monoisotopic (exact) mass is 425 g/mol. The van der Waals surface area contributed by atoms with Gasteiger partial charge in [-0.25, -0.2) is 0 Å². The van der Waals surface area contributed by atoms with Gasteiger partial charge in [-0.1, -0.05) is 65.9 Å². The predicted molar refractivity (Wildman–Crippen MR) is 121 cm³/mol. The smallest absolute Gasteiger partial charge is 0.266 e. The largest absolute Gasteiger partial charge is 0.489 e. The molecule has 2 saturated heterocycles. The fourth-order valence-electron chi connectivity index (χ4n) is 3.43. The Labute approximate surface area is 180 Å². The molecule has 0 saturated carbocycles. The molecule has 0 radical (unpaired) electrons. The van der Waals surface area contributed by atoms with Crippen molar-refractivity contribution in [2.75, 3.05) is 13.2 Å². The van der Waals surface area contributed by atoms with Crippen LogP contribution < -0.4 is 4.74 Å². The lowest BCUT2D eigenvalue weighted by molar-refractivity contribution is -0.123. The molecule has 2 aliphatic heterocycles. The summed E-state index contributed by atoms with van der Waals surface area (Å²) in [5.41, 5.74) is 3.31. The van der Waals surface area contributed by atoms with Crippen molar-refractivity contribution in [3.8, 4) is 5.75 Å². The lowest BCUT2D eigenvalue weighted by atomic mass is 10.1. The van der Waals surface area contributed by atoms with Crippen LogP contribution in [0.25, 0.3) is 6.08 Å². The fraction of sp³-hybridized carbons (Fsp3) is 0.304. The van der Waals surface area contributed by atoms with E-state index >= 15 is 0 Å². The highest BCUT2D eigenvalue weighted by Crippen LogP contribution is 2.33. The number of ether oxygens (including phenoxy) is 2. The highest BCUT2D eigenvalue weighted by molar-refractivity contribution is 8.26. The molecule has 0 N–H and O–H groups in total. The first-order valence-corrected chi connectivity index (χ1v) is 11.0. The van der Waals surface area contributed by atoms with Crippen molar-refractivity contribution in [3.05, 3.63) is 70.1 Å². The number of hydrogen-bond acceptors (Lipinski definition) is 5. The number of nitrogens with zero attached hydrogens (tertiary/aromatic N) is 1. The van der Waals surface area contributed by atoms with Gasteiger partial charge < -0.3 is 9.47 Å². The third-order valence-electron chi connectivity index (χ3n) is 4.95. The normalized spacial score (nSPS) is 20.7. The van der Waals surface area contributed by atoms with Crippen LogP contribution in [0.2, 0.25) is 0 Å². The summed E-state index contributed by atoms with van der Waals surface area (Å²) < 4.78 is 12.1. The zero-order valence-corrected chi connectivity index (χ0v) is 17.9. The van der Waals surface area contributed by atoms with Gasteiger partial charge in [-0.3, -0.25) is 9.69 Å². The number of aryl methyl sites for hydroxylation is 1. The minimum Gasteiger partial charge on any atom is -0.489 e. The molecule has 0 aliphatic carbocycles. The molecular formula is C23H23NO3S2. The van der Waals surface area contributed by atoms with Gasteiger partial charge in [-0.15, -0.1) is 0 Å². The Kier molecular flexibility index (Phi) is 6.33. The van der Waals surface area contributed by atoms with Gasteiger partial charge in [0, 0.05) is 6.61 Å². The highest BCUT2D eigenvalue weighted by atomic mass is 32.2. The molecule has 29 heavy (non-hydrogen) atoms. The molecule has 1 atom stereocenters. The number of thioether (sulfide) groups is 1. The van der Waals surface area contributed by atoms with E-state index in [0.29, 0.717) is 22.4 Å². The summed E-state index contributed by atoms with van der Waals surface area (Å²) in [5.74, 6) is 0.768. The van der Waals surface area contributed by atoms with Gasteiger partial charge in [0.05, 0.1) is 17.6 Å². The maximum Gasteiger partial charge on any atom is 0.266 e. The van der Waals surface area contributed by atoms with Crippen LogP contribution in [0.1, 0.15) is 29.5 Å². The van der Waals surface area contributed by atoms with E-state index in [1.807, 2.05) is 36.4 Å². The van der Waals surface area contributed by atoms with Crippen molar-refractivity contribution in [1.29, 1.82) is 0 Å². The number of rotatable bonds is 6. The van der Waals surface area contributed by atoms with Crippen LogP contribution in [0.5, 0.6) is 5.75 Å². The quantitative estimate of drug-likeness (QED) is 0.483. The Bertz CT molecular complexity index is 933. The lowest BCUT2D eigenvalue weighted by Crippen LogP contribution is -2.35. The lowest BCUT2D eigenvalue weighted by Gasteiger charge is -2.18. The number of hydrogen-bond donors (Lipinski definition) is 0. The first kappa shape index (κ1) is 20.1. The van der Waals surface area contributed by atoms with Gasteiger partial charge in [0.1, 0.15) is 16.7 Å². The SMILES string of the molecule is Cc1cccc(COc2ccc(/C=C3\SC(=S)N(C[C@@H]4CCCO4)C3=O)cc2)c1. The topological polar surface area (TPSA) is 38.8 Å². The molecule has 150 valence electrons. The summed E-state index contributed by atoms with van der Waals surface area (Å²) in [6, 6.07) is 16.0. The molecule has 0 spiro atoms. The van der Waals surface area contributed by atoms with Crippen LogP contribution in [-0.2, 0) is 16.1 Å². The van der Waals surface area contributed by atoms with Crippen LogP contribution >= 0.6 is 24.0 Å². The summed E-state index contributed by atoms with van der Waals surface area (Å²) >= 11 is 6.76. The minimum atomic E-state index is -0.0322. The fourth-order valence-corrected chi connectivity index (χ4v) is 4.70. The van der Waals surface area contributed by atoms with Gasteiger partial charge in [0.2, 0.25) is 0 Å². The Balaban J connectivity index is 1.38. The van der Waals surface area contributed by atoms with Crippen molar-refractivity contribution in [2.45, 2.75) is 32.5 Å². The molecule has 1 amide bonds. The molecule has 2 fully saturated rings. The van der Waals surface area contributed by atoms with E-state index in [1.54, 1.807) is 4.90 Å². The van der Waals surface area contributed by atoms with E-state index in [-0.39, 0.29) is 12.0 Å². The van der Waals surface area contributed by atoms with E-state index in [1.165, 1.54) is 17.3 Å². The minimum absolute atomic E-state index is 0.0322. The second-order valence-corrected chi connectivity index (χ2v) is 8.95. The Morgan fingerprint density at radius 2 is 2.10 bits per heavy atom.